The number of benzene rings is 1. The molecule has 1 aromatic heterocycles. The first-order chi connectivity index (χ1) is 14.1. The van der Waals surface area contributed by atoms with E-state index in [9.17, 15) is 4.79 Å². The monoisotopic (exact) mass is 397 g/mol. The first-order valence-corrected chi connectivity index (χ1v) is 10.3. The normalized spacial score (nSPS) is 14.8. The van der Waals surface area contributed by atoms with Crippen molar-refractivity contribution in [2.75, 3.05) is 45.2 Å². The fraction of sp³-hybridized carbons (Fsp3) is 0.500. The molecule has 1 fully saturated rings. The molecule has 3 rings (SSSR count). The molecular formula is C22H31N5O2. The van der Waals surface area contributed by atoms with Crippen molar-refractivity contribution in [2.24, 2.45) is 5.92 Å². The third-order valence-electron chi connectivity index (χ3n) is 5.22. The minimum Gasteiger partial charge on any atom is -0.436 e. The summed E-state index contributed by atoms with van der Waals surface area (Å²) in [5, 5.41) is 3.04. The van der Waals surface area contributed by atoms with Gasteiger partial charge in [0.15, 0.2) is 5.82 Å². The Balaban J connectivity index is 1.58. The van der Waals surface area contributed by atoms with Crippen LogP contribution in [0.5, 0.6) is 11.6 Å². The average Bonchev–Trinajstić information content (AvgIpc) is 2.74. The Kier molecular flexibility index (Phi) is 7.41. The van der Waals surface area contributed by atoms with Gasteiger partial charge in [-0.2, -0.15) is 0 Å². The number of hydrogen-bond donors (Lipinski definition) is 1. The van der Waals surface area contributed by atoms with Crippen LogP contribution in [0.2, 0.25) is 0 Å². The third-order valence-corrected chi connectivity index (χ3v) is 5.22. The van der Waals surface area contributed by atoms with E-state index in [0.717, 1.165) is 50.5 Å². The maximum absolute atomic E-state index is 12.4. The number of nitrogens with one attached hydrogen (secondary N) is 1. The zero-order valence-corrected chi connectivity index (χ0v) is 17.6. The highest BCUT2D eigenvalue weighted by Gasteiger charge is 2.27. The number of anilines is 1. The van der Waals surface area contributed by atoms with Crippen molar-refractivity contribution in [3.8, 4) is 11.6 Å². The van der Waals surface area contributed by atoms with E-state index >= 15 is 0 Å². The number of hydrogen-bond acceptors (Lipinski definition) is 6. The highest BCUT2D eigenvalue weighted by molar-refractivity contribution is 5.79. The predicted molar refractivity (Wildman–Crippen MR) is 114 cm³/mol. The van der Waals surface area contributed by atoms with Gasteiger partial charge >= 0.3 is 0 Å². The summed E-state index contributed by atoms with van der Waals surface area (Å²) in [5.41, 5.74) is 1.27. The summed E-state index contributed by atoms with van der Waals surface area (Å²) >= 11 is 0. The summed E-state index contributed by atoms with van der Waals surface area (Å²) in [6.45, 7) is 5.18. The number of nitrogens with zero attached hydrogens (tertiary/aromatic N) is 4. The second kappa shape index (κ2) is 10.2. The maximum Gasteiger partial charge on any atom is 0.263 e. The van der Waals surface area contributed by atoms with Crippen LogP contribution in [0.15, 0.2) is 36.7 Å². The molecule has 1 N–H and O–H groups in total. The minimum atomic E-state index is 0.0519. The number of amides is 1. The third kappa shape index (κ3) is 5.90. The van der Waals surface area contributed by atoms with E-state index in [1.54, 1.807) is 12.4 Å². The molecule has 0 saturated carbocycles. The van der Waals surface area contributed by atoms with E-state index < -0.39 is 0 Å². The molecular weight excluding hydrogens is 366 g/mol. The summed E-state index contributed by atoms with van der Waals surface area (Å²) in [6.07, 6.45) is 5.92. The SMILES string of the molecule is CCc1ccc(Oc2nccnc2N2CCC(C(=O)NCCN(C)C)CC2)cc1. The average molecular weight is 398 g/mol. The van der Waals surface area contributed by atoms with Gasteiger partial charge in [0, 0.05) is 44.5 Å². The van der Waals surface area contributed by atoms with E-state index in [0.29, 0.717) is 12.4 Å². The van der Waals surface area contributed by atoms with Crippen LogP contribution >= 0.6 is 0 Å². The van der Waals surface area contributed by atoms with Crippen LogP contribution in [0.25, 0.3) is 0 Å². The van der Waals surface area contributed by atoms with Crippen molar-refractivity contribution in [3.05, 3.63) is 42.2 Å². The van der Waals surface area contributed by atoms with Gasteiger partial charge in [0.1, 0.15) is 5.75 Å². The first-order valence-electron chi connectivity index (χ1n) is 10.3. The fourth-order valence-electron chi connectivity index (χ4n) is 3.41. The van der Waals surface area contributed by atoms with Crippen LogP contribution in [0.1, 0.15) is 25.3 Å². The van der Waals surface area contributed by atoms with Crippen molar-refractivity contribution >= 4 is 11.7 Å². The molecule has 29 heavy (non-hydrogen) atoms. The number of piperidine rings is 1. The number of carbonyl (C=O) groups is 1. The molecule has 0 atom stereocenters. The zero-order valence-electron chi connectivity index (χ0n) is 17.6. The van der Waals surface area contributed by atoms with E-state index in [-0.39, 0.29) is 11.8 Å². The lowest BCUT2D eigenvalue weighted by atomic mass is 9.96. The minimum absolute atomic E-state index is 0.0519. The Hall–Kier alpha value is -2.67. The van der Waals surface area contributed by atoms with E-state index in [4.69, 9.17) is 4.74 Å². The van der Waals surface area contributed by atoms with Gasteiger partial charge in [-0.1, -0.05) is 19.1 Å². The smallest absolute Gasteiger partial charge is 0.263 e. The van der Waals surface area contributed by atoms with Gasteiger partial charge in [0.05, 0.1) is 0 Å². The van der Waals surface area contributed by atoms with E-state index in [1.165, 1.54) is 5.56 Å². The number of likely N-dealkylation sites (N-methyl/N-ethyl adjacent to an activating group) is 1. The van der Waals surface area contributed by atoms with Gasteiger partial charge in [-0.3, -0.25) is 4.79 Å². The Morgan fingerprint density at radius 3 is 2.52 bits per heavy atom. The predicted octanol–water partition coefficient (Wildman–Crippen LogP) is 2.73. The molecule has 1 saturated heterocycles. The standard InChI is InChI=1S/C22H31N5O2/c1-4-17-5-7-19(8-6-17)29-22-20(23-11-12-25-22)27-14-9-18(10-15-27)21(28)24-13-16-26(2)3/h5-8,11-12,18H,4,9-10,13-16H2,1-3H3,(H,24,28). The summed E-state index contributed by atoms with van der Waals surface area (Å²) < 4.78 is 6.01. The molecule has 0 aliphatic carbocycles. The van der Waals surface area contributed by atoms with Crippen LogP contribution < -0.4 is 15.0 Å². The lowest BCUT2D eigenvalue weighted by Crippen LogP contribution is -2.42. The van der Waals surface area contributed by atoms with Crippen LogP contribution in [-0.2, 0) is 11.2 Å². The number of rotatable bonds is 8. The number of aryl methyl sites for hydroxylation is 1. The molecule has 0 bridgehead atoms. The van der Waals surface area contributed by atoms with Crippen molar-refractivity contribution in [1.82, 2.24) is 20.2 Å². The Morgan fingerprint density at radius 1 is 1.17 bits per heavy atom. The van der Waals surface area contributed by atoms with Crippen LogP contribution in [-0.4, -0.2) is 61.0 Å². The molecule has 0 unspecified atom stereocenters. The van der Waals surface area contributed by atoms with Gasteiger partial charge in [0.2, 0.25) is 5.91 Å². The molecule has 1 aromatic carbocycles. The topological polar surface area (TPSA) is 70.6 Å². The van der Waals surface area contributed by atoms with E-state index in [2.05, 4.69) is 44.1 Å². The highest BCUT2D eigenvalue weighted by atomic mass is 16.5. The zero-order chi connectivity index (χ0) is 20.6. The Labute approximate surface area is 173 Å². The van der Waals surface area contributed by atoms with Crippen LogP contribution in [0, 0.1) is 5.92 Å². The van der Waals surface area contributed by atoms with Crippen LogP contribution in [0.4, 0.5) is 5.82 Å². The number of ether oxygens (including phenoxy) is 1. The second-order valence-electron chi connectivity index (χ2n) is 7.64. The summed E-state index contributed by atoms with van der Waals surface area (Å²) in [7, 11) is 4.01. The lowest BCUT2D eigenvalue weighted by Gasteiger charge is -2.32. The van der Waals surface area contributed by atoms with Gasteiger partial charge in [0.25, 0.3) is 5.88 Å². The molecule has 0 spiro atoms. The molecule has 0 radical (unpaired) electrons. The van der Waals surface area contributed by atoms with Crippen molar-refractivity contribution in [1.29, 1.82) is 0 Å². The summed E-state index contributed by atoms with van der Waals surface area (Å²) in [4.78, 5) is 25.5. The number of carbonyl (C=O) groups excluding carboxylic acids is 1. The Morgan fingerprint density at radius 2 is 1.86 bits per heavy atom. The highest BCUT2D eigenvalue weighted by Crippen LogP contribution is 2.31. The maximum atomic E-state index is 12.4. The van der Waals surface area contributed by atoms with Gasteiger partial charge in [-0.15, -0.1) is 0 Å². The molecule has 1 amide bonds. The van der Waals surface area contributed by atoms with Gasteiger partial charge in [-0.05, 0) is 51.1 Å². The van der Waals surface area contributed by atoms with Crippen molar-refractivity contribution in [3.63, 3.8) is 0 Å². The molecule has 2 aromatic rings. The molecule has 7 nitrogen and oxygen atoms in total. The summed E-state index contributed by atoms with van der Waals surface area (Å²) in [6, 6.07) is 8.04. The Bertz CT molecular complexity index is 786. The van der Waals surface area contributed by atoms with Crippen molar-refractivity contribution in [2.45, 2.75) is 26.2 Å². The molecule has 1 aliphatic rings. The van der Waals surface area contributed by atoms with Crippen LogP contribution in [0.3, 0.4) is 0 Å². The molecule has 7 heteroatoms. The molecule has 156 valence electrons. The molecule has 1 aliphatic heterocycles. The summed E-state index contributed by atoms with van der Waals surface area (Å²) in [5.74, 6) is 2.19. The van der Waals surface area contributed by atoms with Crippen molar-refractivity contribution < 1.29 is 9.53 Å². The van der Waals surface area contributed by atoms with E-state index in [1.807, 2.05) is 26.2 Å². The largest absolute Gasteiger partial charge is 0.436 e. The van der Waals surface area contributed by atoms with Gasteiger partial charge in [-0.25, -0.2) is 9.97 Å². The molecule has 2 heterocycles. The van der Waals surface area contributed by atoms with Gasteiger partial charge < -0.3 is 19.9 Å². The fourth-order valence-corrected chi connectivity index (χ4v) is 3.41. The lowest BCUT2D eigenvalue weighted by molar-refractivity contribution is -0.125. The number of aromatic nitrogens is 2. The quantitative estimate of drug-likeness (QED) is 0.739. The first kappa shape index (κ1) is 21.0. The second-order valence-corrected chi connectivity index (χ2v) is 7.64.